The summed E-state index contributed by atoms with van der Waals surface area (Å²) in [7, 11) is 0. The Kier molecular flexibility index (Phi) is 4.72. The minimum Gasteiger partial charge on any atom is -0.381 e. The van der Waals surface area contributed by atoms with E-state index in [0.29, 0.717) is 10.7 Å². The Morgan fingerprint density at radius 2 is 2.17 bits per heavy atom. The Morgan fingerprint density at radius 3 is 2.72 bits per heavy atom. The van der Waals surface area contributed by atoms with Crippen LogP contribution in [0.25, 0.3) is 0 Å². The predicted molar refractivity (Wildman–Crippen MR) is 73.1 cm³/mol. The van der Waals surface area contributed by atoms with Gasteiger partial charge in [0.2, 0.25) is 0 Å². The maximum atomic E-state index is 10.6. The van der Waals surface area contributed by atoms with Crippen LogP contribution >= 0.6 is 15.9 Å². The standard InChI is InChI=1S/C13H16BrNO3/c14-13(11-2-1-7-18-9-11)8-10-3-5-12(6-4-10)15(16)17/h3-6,11,13H,1-2,7-9H2. The molecule has 5 heteroatoms. The van der Waals surface area contributed by atoms with E-state index in [4.69, 9.17) is 4.74 Å². The monoisotopic (exact) mass is 313 g/mol. The van der Waals surface area contributed by atoms with E-state index in [9.17, 15) is 10.1 Å². The first-order valence-electron chi connectivity index (χ1n) is 6.12. The molecule has 0 N–H and O–H groups in total. The van der Waals surface area contributed by atoms with E-state index in [1.54, 1.807) is 12.1 Å². The van der Waals surface area contributed by atoms with Crippen LogP contribution in [0.4, 0.5) is 5.69 Å². The highest BCUT2D eigenvalue weighted by molar-refractivity contribution is 9.09. The molecular formula is C13H16BrNO3. The Morgan fingerprint density at radius 1 is 1.44 bits per heavy atom. The lowest BCUT2D eigenvalue weighted by Crippen LogP contribution is -2.26. The van der Waals surface area contributed by atoms with E-state index in [2.05, 4.69) is 15.9 Å². The second-order valence-corrected chi connectivity index (χ2v) is 5.80. The zero-order valence-corrected chi connectivity index (χ0v) is 11.6. The van der Waals surface area contributed by atoms with Gasteiger partial charge in [-0.25, -0.2) is 0 Å². The molecule has 2 unspecified atom stereocenters. The van der Waals surface area contributed by atoms with Crippen molar-refractivity contribution in [2.24, 2.45) is 5.92 Å². The molecule has 98 valence electrons. The van der Waals surface area contributed by atoms with Gasteiger partial charge in [-0.15, -0.1) is 0 Å². The lowest BCUT2D eigenvalue weighted by Gasteiger charge is -2.26. The largest absolute Gasteiger partial charge is 0.381 e. The van der Waals surface area contributed by atoms with Crippen LogP contribution in [-0.4, -0.2) is 23.0 Å². The lowest BCUT2D eigenvalue weighted by atomic mass is 9.94. The number of non-ortho nitro benzene ring substituents is 1. The highest BCUT2D eigenvalue weighted by Gasteiger charge is 2.22. The summed E-state index contributed by atoms with van der Waals surface area (Å²) in [4.78, 5) is 10.6. The first-order valence-corrected chi connectivity index (χ1v) is 7.03. The van der Waals surface area contributed by atoms with E-state index in [1.165, 1.54) is 6.42 Å². The number of halogens is 1. The summed E-state index contributed by atoms with van der Waals surface area (Å²) in [5.74, 6) is 0.536. The van der Waals surface area contributed by atoms with Crippen LogP contribution in [0, 0.1) is 16.0 Å². The van der Waals surface area contributed by atoms with Crippen LogP contribution in [-0.2, 0) is 11.2 Å². The van der Waals surface area contributed by atoms with Gasteiger partial charge in [0.05, 0.1) is 11.5 Å². The number of benzene rings is 1. The maximum absolute atomic E-state index is 10.6. The van der Waals surface area contributed by atoms with E-state index in [0.717, 1.165) is 31.6 Å². The Labute approximate surface area is 115 Å². The van der Waals surface area contributed by atoms with Crippen molar-refractivity contribution >= 4 is 21.6 Å². The van der Waals surface area contributed by atoms with E-state index >= 15 is 0 Å². The molecule has 0 bridgehead atoms. The van der Waals surface area contributed by atoms with Crippen LogP contribution in [0.3, 0.4) is 0 Å². The Hall–Kier alpha value is -0.940. The highest BCUT2D eigenvalue weighted by atomic mass is 79.9. The molecule has 18 heavy (non-hydrogen) atoms. The van der Waals surface area contributed by atoms with Crippen LogP contribution in [0.15, 0.2) is 24.3 Å². The molecule has 0 spiro atoms. The van der Waals surface area contributed by atoms with Crippen molar-refractivity contribution in [1.29, 1.82) is 0 Å². The minimum atomic E-state index is -0.371. The van der Waals surface area contributed by atoms with Crippen molar-refractivity contribution in [3.63, 3.8) is 0 Å². The molecule has 1 fully saturated rings. The summed E-state index contributed by atoms with van der Waals surface area (Å²) >= 11 is 3.71. The second kappa shape index (κ2) is 6.29. The van der Waals surface area contributed by atoms with Gasteiger partial charge in [0, 0.05) is 23.6 Å². The topological polar surface area (TPSA) is 52.4 Å². The van der Waals surface area contributed by atoms with Gasteiger partial charge in [0.1, 0.15) is 0 Å². The number of hydrogen-bond acceptors (Lipinski definition) is 3. The third-order valence-electron chi connectivity index (χ3n) is 3.28. The molecule has 1 saturated heterocycles. The van der Waals surface area contributed by atoms with Gasteiger partial charge >= 0.3 is 0 Å². The highest BCUT2D eigenvalue weighted by Crippen LogP contribution is 2.26. The number of ether oxygens (including phenoxy) is 1. The number of nitro groups is 1. The van der Waals surface area contributed by atoms with Gasteiger partial charge in [0.15, 0.2) is 0 Å². The predicted octanol–water partition coefficient (Wildman–Crippen LogP) is 3.33. The third-order valence-corrected chi connectivity index (χ3v) is 4.36. The fourth-order valence-corrected chi connectivity index (χ4v) is 2.99. The van der Waals surface area contributed by atoms with Gasteiger partial charge < -0.3 is 4.74 Å². The summed E-state index contributed by atoms with van der Waals surface area (Å²) in [6.45, 7) is 1.68. The number of alkyl halides is 1. The van der Waals surface area contributed by atoms with Crippen LogP contribution in [0.2, 0.25) is 0 Å². The quantitative estimate of drug-likeness (QED) is 0.487. The van der Waals surface area contributed by atoms with Crippen molar-refractivity contribution in [3.8, 4) is 0 Å². The lowest BCUT2D eigenvalue weighted by molar-refractivity contribution is -0.384. The van der Waals surface area contributed by atoms with Gasteiger partial charge in [-0.05, 0) is 30.7 Å². The summed E-state index contributed by atoms with van der Waals surface area (Å²) < 4.78 is 5.47. The summed E-state index contributed by atoms with van der Waals surface area (Å²) in [5, 5.41) is 10.6. The van der Waals surface area contributed by atoms with Crippen molar-refractivity contribution < 1.29 is 9.66 Å². The summed E-state index contributed by atoms with van der Waals surface area (Å²) in [5.41, 5.74) is 1.26. The molecule has 1 aromatic carbocycles. The minimum absolute atomic E-state index is 0.144. The normalized spacial score (nSPS) is 21.5. The van der Waals surface area contributed by atoms with Crippen molar-refractivity contribution in [2.75, 3.05) is 13.2 Å². The van der Waals surface area contributed by atoms with Gasteiger partial charge in [-0.2, -0.15) is 0 Å². The van der Waals surface area contributed by atoms with E-state index < -0.39 is 0 Å². The molecule has 1 aromatic rings. The first-order chi connectivity index (χ1) is 8.66. The van der Waals surface area contributed by atoms with Gasteiger partial charge in [-0.1, -0.05) is 28.1 Å². The third kappa shape index (κ3) is 3.53. The average molecular weight is 314 g/mol. The molecule has 0 saturated carbocycles. The molecule has 0 aromatic heterocycles. The Bertz CT molecular complexity index is 401. The van der Waals surface area contributed by atoms with Crippen molar-refractivity contribution in [2.45, 2.75) is 24.1 Å². The molecule has 0 amide bonds. The zero-order chi connectivity index (χ0) is 13.0. The van der Waals surface area contributed by atoms with Crippen LogP contribution in [0.5, 0.6) is 0 Å². The smallest absolute Gasteiger partial charge is 0.269 e. The first kappa shape index (κ1) is 13.5. The summed E-state index contributed by atoms with van der Waals surface area (Å²) in [6, 6.07) is 6.78. The number of rotatable bonds is 4. The molecule has 2 rings (SSSR count). The van der Waals surface area contributed by atoms with Gasteiger partial charge in [-0.3, -0.25) is 10.1 Å². The number of nitrogens with zero attached hydrogens (tertiary/aromatic N) is 1. The van der Waals surface area contributed by atoms with E-state index in [1.807, 2.05) is 12.1 Å². The Balaban J connectivity index is 1.93. The SMILES string of the molecule is O=[N+]([O-])c1ccc(CC(Br)C2CCCOC2)cc1. The van der Waals surface area contributed by atoms with Crippen LogP contribution in [0.1, 0.15) is 18.4 Å². The average Bonchev–Trinajstić information content (AvgIpc) is 2.40. The van der Waals surface area contributed by atoms with Crippen LogP contribution < -0.4 is 0 Å². The molecule has 2 atom stereocenters. The fourth-order valence-electron chi connectivity index (χ4n) is 2.20. The number of nitro benzene ring substituents is 1. The second-order valence-electron chi connectivity index (χ2n) is 4.62. The zero-order valence-electron chi connectivity index (χ0n) is 10.0. The molecular weight excluding hydrogens is 298 g/mol. The molecule has 1 aliphatic rings. The summed E-state index contributed by atoms with van der Waals surface area (Å²) in [6.07, 6.45) is 3.18. The molecule has 4 nitrogen and oxygen atoms in total. The fraction of sp³-hybridized carbons (Fsp3) is 0.538. The maximum Gasteiger partial charge on any atom is 0.269 e. The van der Waals surface area contributed by atoms with E-state index in [-0.39, 0.29) is 10.6 Å². The molecule has 1 heterocycles. The van der Waals surface area contributed by atoms with Crippen molar-refractivity contribution in [1.82, 2.24) is 0 Å². The number of hydrogen-bond donors (Lipinski definition) is 0. The van der Waals surface area contributed by atoms with Crippen molar-refractivity contribution in [3.05, 3.63) is 39.9 Å². The molecule has 1 aliphatic heterocycles. The molecule has 0 radical (unpaired) electrons. The molecule has 0 aliphatic carbocycles. The van der Waals surface area contributed by atoms with Gasteiger partial charge in [0.25, 0.3) is 5.69 Å².